The lowest BCUT2D eigenvalue weighted by molar-refractivity contribution is 0.107. The van der Waals surface area contributed by atoms with Crippen LogP contribution in [0, 0.1) is 5.92 Å². The normalized spacial score (nSPS) is 12.9. The Labute approximate surface area is 118 Å². The van der Waals surface area contributed by atoms with Gasteiger partial charge in [0.05, 0.1) is 6.61 Å². The fourth-order valence-electron chi connectivity index (χ4n) is 1.67. The first kappa shape index (κ1) is 15.5. The van der Waals surface area contributed by atoms with Crippen LogP contribution in [0.25, 0.3) is 0 Å². The van der Waals surface area contributed by atoms with Crippen LogP contribution < -0.4 is 5.32 Å². The summed E-state index contributed by atoms with van der Waals surface area (Å²) in [5, 5.41) is 13.2. The van der Waals surface area contributed by atoms with Crippen molar-refractivity contribution in [2.24, 2.45) is 5.92 Å². The molecular weight excluding hydrogens is 294 g/mol. The van der Waals surface area contributed by atoms with Gasteiger partial charge >= 0.3 is 0 Å². The lowest BCUT2D eigenvalue weighted by Crippen LogP contribution is -2.37. The molecule has 1 aromatic carbocycles. The molecule has 0 heterocycles. The Morgan fingerprint density at radius 3 is 2.72 bits per heavy atom. The second kappa shape index (κ2) is 7.77. The van der Waals surface area contributed by atoms with E-state index >= 15 is 0 Å². The maximum Gasteiger partial charge on any atom is 0.120 e. The predicted molar refractivity (Wildman–Crippen MR) is 77.8 cm³/mol. The maximum atomic E-state index is 9.77. The zero-order valence-electron chi connectivity index (χ0n) is 11.2. The number of hydrogen-bond acceptors (Lipinski definition) is 3. The molecule has 0 aliphatic heterocycles. The lowest BCUT2D eigenvalue weighted by atomic mass is 10.0. The van der Waals surface area contributed by atoms with Crippen molar-refractivity contribution >= 4 is 15.9 Å². The summed E-state index contributed by atoms with van der Waals surface area (Å²) in [6.45, 7) is 8.39. The van der Waals surface area contributed by atoms with Gasteiger partial charge in [-0.2, -0.15) is 0 Å². The molecule has 1 unspecified atom stereocenters. The Kier molecular flexibility index (Phi) is 6.68. The molecule has 0 aliphatic rings. The molecule has 2 N–H and O–H groups in total. The van der Waals surface area contributed by atoms with Gasteiger partial charge in [0.1, 0.15) is 5.75 Å². The first-order valence-electron chi connectivity index (χ1n) is 6.33. The summed E-state index contributed by atoms with van der Waals surface area (Å²) in [5.41, 5.74) is 0.895. The predicted octanol–water partition coefficient (Wildman–Crippen LogP) is 3.31. The van der Waals surface area contributed by atoms with Crippen molar-refractivity contribution in [2.75, 3.05) is 13.2 Å². The zero-order valence-corrected chi connectivity index (χ0v) is 12.8. The molecule has 18 heavy (non-hydrogen) atoms. The zero-order chi connectivity index (χ0) is 13.5. The number of phenols is 1. The first-order chi connectivity index (χ1) is 8.54. The van der Waals surface area contributed by atoms with Crippen LogP contribution in [0.15, 0.2) is 22.7 Å². The Hall–Kier alpha value is -0.580. The molecule has 1 atom stereocenters. The molecule has 102 valence electrons. The summed E-state index contributed by atoms with van der Waals surface area (Å²) >= 11 is 3.41. The molecule has 0 bridgehead atoms. The Bertz CT molecular complexity index is 369. The molecule has 0 aliphatic carbocycles. The Balaban J connectivity index is 2.58. The van der Waals surface area contributed by atoms with E-state index in [0.717, 1.165) is 16.6 Å². The van der Waals surface area contributed by atoms with Crippen molar-refractivity contribution in [1.82, 2.24) is 5.32 Å². The number of benzene rings is 1. The topological polar surface area (TPSA) is 41.5 Å². The van der Waals surface area contributed by atoms with Crippen LogP contribution in [-0.4, -0.2) is 24.4 Å². The number of phenolic OH excluding ortho intramolecular Hbond substituents is 1. The van der Waals surface area contributed by atoms with E-state index in [4.69, 9.17) is 4.74 Å². The molecule has 4 heteroatoms. The minimum Gasteiger partial charge on any atom is -0.508 e. The monoisotopic (exact) mass is 315 g/mol. The highest BCUT2D eigenvalue weighted by Crippen LogP contribution is 2.21. The van der Waals surface area contributed by atoms with Gasteiger partial charge in [-0.15, -0.1) is 0 Å². The molecule has 3 nitrogen and oxygen atoms in total. The van der Waals surface area contributed by atoms with Crippen LogP contribution >= 0.6 is 15.9 Å². The van der Waals surface area contributed by atoms with Crippen molar-refractivity contribution in [1.29, 1.82) is 0 Å². The van der Waals surface area contributed by atoms with E-state index in [2.05, 4.69) is 35.1 Å². The van der Waals surface area contributed by atoms with Gasteiger partial charge in [-0.05, 0) is 31.0 Å². The highest BCUT2D eigenvalue weighted by molar-refractivity contribution is 9.10. The molecule has 0 aromatic heterocycles. The fourth-order valence-corrected chi connectivity index (χ4v) is 2.08. The number of hydrogen-bond donors (Lipinski definition) is 2. The fraction of sp³-hybridized carbons (Fsp3) is 0.571. The highest BCUT2D eigenvalue weighted by Gasteiger charge is 2.13. The van der Waals surface area contributed by atoms with Gasteiger partial charge < -0.3 is 15.2 Å². The van der Waals surface area contributed by atoms with Crippen molar-refractivity contribution in [3.63, 3.8) is 0 Å². The van der Waals surface area contributed by atoms with Crippen LogP contribution in [0.3, 0.4) is 0 Å². The lowest BCUT2D eigenvalue weighted by Gasteiger charge is -2.22. The summed E-state index contributed by atoms with van der Waals surface area (Å²) in [6.07, 6.45) is 0. The summed E-state index contributed by atoms with van der Waals surface area (Å²) in [4.78, 5) is 0. The van der Waals surface area contributed by atoms with Crippen molar-refractivity contribution in [3.05, 3.63) is 28.2 Å². The van der Waals surface area contributed by atoms with E-state index in [1.54, 1.807) is 6.07 Å². The van der Waals surface area contributed by atoms with Gasteiger partial charge in [0.2, 0.25) is 0 Å². The van der Waals surface area contributed by atoms with E-state index in [1.807, 2.05) is 19.1 Å². The number of aromatic hydroxyl groups is 1. The summed E-state index contributed by atoms with van der Waals surface area (Å²) in [5.74, 6) is 0.815. The number of rotatable bonds is 7. The van der Waals surface area contributed by atoms with Crippen molar-refractivity contribution < 1.29 is 9.84 Å². The van der Waals surface area contributed by atoms with Gasteiger partial charge in [-0.3, -0.25) is 0 Å². The molecule has 0 saturated heterocycles. The van der Waals surface area contributed by atoms with Crippen LogP contribution in [0.5, 0.6) is 5.75 Å². The number of ether oxygens (including phenoxy) is 1. The molecule has 0 spiro atoms. The number of nitrogens with one attached hydrogen (secondary N) is 1. The molecule has 0 radical (unpaired) electrons. The Morgan fingerprint density at radius 1 is 1.39 bits per heavy atom. The largest absolute Gasteiger partial charge is 0.508 e. The van der Waals surface area contributed by atoms with Gasteiger partial charge in [-0.25, -0.2) is 0 Å². The SMILES string of the molecule is CCOCC(NCc1cc(Br)ccc1O)C(C)C. The maximum absolute atomic E-state index is 9.77. The number of halogens is 1. The van der Waals surface area contributed by atoms with E-state index in [0.29, 0.717) is 30.9 Å². The first-order valence-corrected chi connectivity index (χ1v) is 7.12. The summed E-state index contributed by atoms with van der Waals surface area (Å²) in [6, 6.07) is 5.76. The molecule has 0 fully saturated rings. The molecular formula is C14H22BrNO2. The van der Waals surface area contributed by atoms with Crippen LogP contribution in [-0.2, 0) is 11.3 Å². The highest BCUT2D eigenvalue weighted by atomic mass is 79.9. The van der Waals surface area contributed by atoms with Crippen molar-refractivity contribution in [3.8, 4) is 5.75 Å². The second-order valence-electron chi connectivity index (χ2n) is 4.66. The average Bonchev–Trinajstić information content (AvgIpc) is 2.33. The van der Waals surface area contributed by atoms with Crippen LogP contribution in [0.1, 0.15) is 26.3 Å². The quantitative estimate of drug-likeness (QED) is 0.811. The molecule has 0 amide bonds. The third-order valence-electron chi connectivity index (χ3n) is 2.90. The average molecular weight is 316 g/mol. The smallest absolute Gasteiger partial charge is 0.120 e. The Morgan fingerprint density at radius 2 is 2.11 bits per heavy atom. The standard InChI is InChI=1S/C14H22BrNO2/c1-4-18-9-13(10(2)3)16-8-11-7-12(15)5-6-14(11)17/h5-7,10,13,16-17H,4,8-9H2,1-3H3. The molecule has 1 rings (SSSR count). The summed E-state index contributed by atoms with van der Waals surface area (Å²) in [7, 11) is 0. The van der Waals surface area contributed by atoms with Crippen LogP contribution in [0.2, 0.25) is 0 Å². The second-order valence-corrected chi connectivity index (χ2v) is 5.58. The third kappa shape index (κ3) is 4.96. The van der Waals surface area contributed by atoms with E-state index in [-0.39, 0.29) is 0 Å². The van der Waals surface area contributed by atoms with Gasteiger partial charge in [0.25, 0.3) is 0 Å². The molecule has 1 aromatic rings. The summed E-state index contributed by atoms with van der Waals surface area (Å²) < 4.78 is 6.44. The van der Waals surface area contributed by atoms with Crippen molar-refractivity contribution in [2.45, 2.75) is 33.4 Å². The minimum absolute atomic E-state index is 0.295. The van der Waals surface area contributed by atoms with E-state index < -0.39 is 0 Å². The van der Waals surface area contributed by atoms with E-state index in [1.165, 1.54) is 0 Å². The minimum atomic E-state index is 0.295. The van der Waals surface area contributed by atoms with Gasteiger partial charge in [0.15, 0.2) is 0 Å². The third-order valence-corrected chi connectivity index (χ3v) is 3.40. The van der Waals surface area contributed by atoms with E-state index in [9.17, 15) is 5.11 Å². The van der Waals surface area contributed by atoms with Crippen LogP contribution in [0.4, 0.5) is 0 Å². The van der Waals surface area contributed by atoms with Gasteiger partial charge in [-0.1, -0.05) is 29.8 Å². The molecule has 0 saturated carbocycles. The van der Waals surface area contributed by atoms with Gasteiger partial charge in [0, 0.05) is 29.2 Å².